The first-order valence-electron chi connectivity index (χ1n) is 9.09. The van der Waals surface area contributed by atoms with Crippen molar-refractivity contribution in [2.24, 2.45) is 0 Å². The van der Waals surface area contributed by atoms with Gasteiger partial charge in [0, 0.05) is 36.4 Å². The fourth-order valence-electron chi connectivity index (χ4n) is 3.30. The van der Waals surface area contributed by atoms with Gasteiger partial charge in [0.2, 0.25) is 0 Å². The molecule has 0 unspecified atom stereocenters. The Kier molecular flexibility index (Phi) is 5.04. The van der Waals surface area contributed by atoms with E-state index in [1.165, 1.54) is 12.1 Å². The molecular weight excluding hydrogens is 367 g/mol. The third kappa shape index (κ3) is 3.99. The van der Waals surface area contributed by atoms with Crippen molar-refractivity contribution in [2.45, 2.75) is 13.1 Å². The summed E-state index contributed by atoms with van der Waals surface area (Å²) in [5, 5.41) is 12.7. The van der Waals surface area contributed by atoms with E-state index in [9.17, 15) is 9.18 Å². The highest BCUT2D eigenvalue weighted by Gasteiger charge is 2.16. The standard InChI is InChI=1S/C23H17FN4O/c24-20-4-5-21-19(11-20)12-22(23(29)27-14-16-6-8-26-9-7-16)28(21)15-18-3-1-2-17(10-18)13-25/h1-12H,14-15H2,(H,27,29). The lowest BCUT2D eigenvalue weighted by molar-refractivity contribution is 0.0942. The minimum Gasteiger partial charge on any atom is -0.347 e. The van der Waals surface area contributed by atoms with Gasteiger partial charge in [-0.3, -0.25) is 9.78 Å². The molecule has 1 N–H and O–H groups in total. The predicted molar refractivity (Wildman–Crippen MR) is 108 cm³/mol. The number of amides is 1. The lowest BCUT2D eigenvalue weighted by Crippen LogP contribution is -2.25. The quantitative estimate of drug-likeness (QED) is 0.565. The van der Waals surface area contributed by atoms with Crippen LogP contribution in [-0.2, 0) is 13.1 Å². The molecule has 0 radical (unpaired) electrons. The molecule has 5 nitrogen and oxygen atoms in total. The first kappa shape index (κ1) is 18.4. The van der Waals surface area contributed by atoms with Crippen molar-refractivity contribution < 1.29 is 9.18 Å². The van der Waals surface area contributed by atoms with E-state index in [0.29, 0.717) is 29.7 Å². The number of halogens is 1. The summed E-state index contributed by atoms with van der Waals surface area (Å²) in [7, 11) is 0. The van der Waals surface area contributed by atoms with E-state index in [2.05, 4.69) is 16.4 Å². The minimum atomic E-state index is -0.357. The minimum absolute atomic E-state index is 0.255. The van der Waals surface area contributed by atoms with Crippen LogP contribution >= 0.6 is 0 Å². The monoisotopic (exact) mass is 384 g/mol. The van der Waals surface area contributed by atoms with E-state index >= 15 is 0 Å². The molecule has 0 saturated carbocycles. The van der Waals surface area contributed by atoms with E-state index in [4.69, 9.17) is 5.26 Å². The zero-order valence-corrected chi connectivity index (χ0v) is 15.5. The molecule has 0 aliphatic carbocycles. The van der Waals surface area contributed by atoms with Crippen LogP contribution in [0.1, 0.15) is 27.2 Å². The Hall–Kier alpha value is -3.98. The smallest absolute Gasteiger partial charge is 0.268 e. The van der Waals surface area contributed by atoms with Crippen molar-refractivity contribution in [3.05, 3.63) is 101 Å². The van der Waals surface area contributed by atoms with Crippen LogP contribution in [0.4, 0.5) is 4.39 Å². The van der Waals surface area contributed by atoms with Crippen LogP contribution in [0.15, 0.2) is 73.1 Å². The number of carbonyl (C=O) groups excluding carboxylic acids is 1. The maximum absolute atomic E-state index is 13.7. The third-order valence-corrected chi connectivity index (χ3v) is 4.70. The second-order valence-corrected chi connectivity index (χ2v) is 6.67. The number of fused-ring (bicyclic) bond motifs is 1. The molecule has 142 valence electrons. The van der Waals surface area contributed by atoms with Crippen LogP contribution in [0.25, 0.3) is 10.9 Å². The molecule has 0 saturated heterocycles. The zero-order chi connectivity index (χ0) is 20.2. The van der Waals surface area contributed by atoms with Gasteiger partial charge in [-0.15, -0.1) is 0 Å². The van der Waals surface area contributed by atoms with Crippen LogP contribution in [0.5, 0.6) is 0 Å². The maximum Gasteiger partial charge on any atom is 0.268 e. The average molecular weight is 384 g/mol. The van der Waals surface area contributed by atoms with E-state index in [-0.39, 0.29) is 11.7 Å². The molecule has 4 rings (SSSR count). The van der Waals surface area contributed by atoms with E-state index in [1.54, 1.807) is 36.7 Å². The molecule has 2 heterocycles. The second-order valence-electron chi connectivity index (χ2n) is 6.67. The summed E-state index contributed by atoms with van der Waals surface area (Å²) in [6.45, 7) is 0.754. The molecule has 0 spiro atoms. The van der Waals surface area contributed by atoms with Crippen molar-refractivity contribution in [1.29, 1.82) is 5.26 Å². The molecule has 0 fully saturated rings. The number of carbonyl (C=O) groups is 1. The predicted octanol–water partition coefficient (Wildman–Crippen LogP) is 4.03. The first-order valence-corrected chi connectivity index (χ1v) is 9.09. The molecule has 1 amide bonds. The maximum atomic E-state index is 13.7. The Balaban J connectivity index is 1.69. The summed E-state index contributed by atoms with van der Waals surface area (Å²) in [5.74, 6) is -0.611. The Labute approximate surface area is 167 Å². The molecule has 6 heteroatoms. The SMILES string of the molecule is N#Cc1cccc(Cn2c(C(=O)NCc3ccncc3)cc3cc(F)ccc32)c1. The van der Waals surface area contributed by atoms with Crippen LogP contribution in [0, 0.1) is 17.1 Å². The lowest BCUT2D eigenvalue weighted by atomic mass is 10.1. The van der Waals surface area contributed by atoms with Crippen molar-refractivity contribution >= 4 is 16.8 Å². The Morgan fingerprint density at radius 3 is 2.69 bits per heavy atom. The number of hydrogen-bond acceptors (Lipinski definition) is 3. The summed E-state index contributed by atoms with van der Waals surface area (Å²) in [5.41, 5.74) is 3.55. The molecule has 0 aliphatic rings. The summed E-state index contributed by atoms with van der Waals surface area (Å²) in [6.07, 6.45) is 3.34. The van der Waals surface area contributed by atoms with Crippen LogP contribution in [0.3, 0.4) is 0 Å². The zero-order valence-electron chi connectivity index (χ0n) is 15.5. The fraction of sp³-hybridized carbons (Fsp3) is 0.0870. The van der Waals surface area contributed by atoms with Crippen LogP contribution in [-0.4, -0.2) is 15.5 Å². The van der Waals surface area contributed by atoms with Gasteiger partial charge >= 0.3 is 0 Å². The van der Waals surface area contributed by atoms with Gasteiger partial charge < -0.3 is 9.88 Å². The Bertz CT molecular complexity index is 1220. The molecule has 0 bridgehead atoms. The van der Waals surface area contributed by atoms with Gasteiger partial charge in [0.15, 0.2) is 0 Å². The van der Waals surface area contributed by atoms with Crippen LogP contribution in [0.2, 0.25) is 0 Å². The molecule has 0 atom stereocenters. The van der Waals surface area contributed by atoms with Gasteiger partial charge in [-0.25, -0.2) is 4.39 Å². The topological polar surface area (TPSA) is 70.7 Å². The van der Waals surface area contributed by atoms with E-state index in [0.717, 1.165) is 16.6 Å². The van der Waals surface area contributed by atoms with Crippen LogP contribution < -0.4 is 5.32 Å². The van der Waals surface area contributed by atoms with E-state index in [1.807, 2.05) is 28.8 Å². The number of pyridine rings is 1. The van der Waals surface area contributed by atoms with Gasteiger partial charge in [0.25, 0.3) is 5.91 Å². The molecular formula is C23H17FN4O. The number of rotatable bonds is 5. The molecule has 4 aromatic rings. The summed E-state index contributed by atoms with van der Waals surface area (Å²) in [4.78, 5) is 16.9. The van der Waals surface area contributed by atoms with Gasteiger partial charge in [-0.05, 0) is 59.7 Å². The Morgan fingerprint density at radius 2 is 1.90 bits per heavy atom. The van der Waals surface area contributed by atoms with Crippen molar-refractivity contribution in [3.63, 3.8) is 0 Å². The number of nitrogens with zero attached hydrogens (tertiary/aromatic N) is 3. The third-order valence-electron chi connectivity index (χ3n) is 4.70. The molecule has 29 heavy (non-hydrogen) atoms. The number of nitrogens with one attached hydrogen (secondary N) is 1. The van der Waals surface area contributed by atoms with Crippen molar-refractivity contribution in [1.82, 2.24) is 14.9 Å². The Morgan fingerprint density at radius 1 is 1.07 bits per heavy atom. The highest BCUT2D eigenvalue weighted by molar-refractivity contribution is 5.98. The number of benzene rings is 2. The van der Waals surface area contributed by atoms with Gasteiger partial charge in [-0.2, -0.15) is 5.26 Å². The molecule has 2 aromatic carbocycles. The number of hydrogen-bond donors (Lipinski definition) is 1. The average Bonchev–Trinajstić information content (AvgIpc) is 3.10. The van der Waals surface area contributed by atoms with Crippen molar-refractivity contribution in [3.8, 4) is 6.07 Å². The van der Waals surface area contributed by atoms with Gasteiger partial charge in [0.1, 0.15) is 11.5 Å². The summed E-state index contributed by atoms with van der Waals surface area (Å²) < 4.78 is 15.6. The largest absolute Gasteiger partial charge is 0.347 e. The van der Waals surface area contributed by atoms with E-state index < -0.39 is 0 Å². The van der Waals surface area contributed by atoms with Gasteiger partial charge in [0.05, 0.1) is 11.6 Å². The molecule has 0 aliphatic heterocycles. The summed E-state index contributed by atoms with van der Waals surface area (Å²) in [6, 6.07) is 19.2. The highest BCUT2D eigenvalue weighted by atomic mass is 19.1. The highest BCUT2D eigenvalue weighted by Crippen LogP contribution is 2.23. The number of nitriles is 1. The molecule has 2 aromatic heterocycles. The van der Waals surface area contributed by atoms with Crippen molar-refractivity contribution in [2.75, 3.05) is 0 Å². The lowest BCUT2D eigenvalue weighted by Gasteiger charge is -2.12. The normalized spacial score (nSPS) is 10.6. The van der Waals surface area contributed by atoms with Gasteiger partial charge in [-0.1, -0.05) is 12.1 Å². The summed E-state index contributed by atoms with van der Waals surface area (Å²) >= 11 is 0. The second kappa shape index (κ2) is 7.95. The fourth-order valence-corrected chi connectivity index (χ4v) is 3.30. The first-order chi connectivity index (χ1) is 14.1. The number of aromatic nitrogens is 2.